The third-order valence-corrected chi connectivity index (χ3v) is 13.4. The second-order valence-electron chi connectivity index (χ2n) is 17.9. The molecule has 1 N–H and O–H groups in total. The van der Waals surface area contributed by atoms with Crippen molar-refractivity contribution in [3.8, 4) is 6.07 Å². The molecule has 0 aromatic carbocycles. The van der Waals surface area contributed by atoms with Crippen molar-refractivity contribution in [1.82, 2.24) is 5.32 Å². The molecule has 0 aromatic rings. The Morgan fingerprint density at radius 2 is 1.64 bits per heavy atom. The van der Waals surface area contributed by atoms with Crippen LogP contribution < -0.4 is 5.32 Å². The molecule has 5 nitrogen and oxygen atoms in total. The molecule has 5 aliphatic rings. The zero-order valence-corrected chi connectivity index (χ0v) is 27.9. The van der Waals surface area contributed by atoms with Crippen molar-refractivity contribution in [3.05, 3.63) is 23.3 Å². The zero-order valence-electron chi connectivity index (χ0n) is 27.9. The average molecular weight is 575 g/mol. The topological polar surface area (TPSA) is 87.0 Å². The van der Waals surface area contributed by atoms with Crippen LogP contribution in [0.4, 0.5) is 0 Å². The lowest BCUT2D eigenvalue weighted by Crippen LogP contribution is -2.64. The summed E-state index contributed by atoms with van der Waals surface area (Å²) < 4.78 is 0. The summed E-state index contributed by atoms with van der Waals surface area (Å²) in [6.07, 6.45) is 12.3. The van der Waals surface area contributed by atoms with Gasteiger partial charge in [-0.2, -0.15) is 5.26 Å². The Balaban J connectivity index is 1.59. The van der Waals surface area contributed by atoms with Gasteiger partial charge < -0.3 is 5.32 Å². The van der Waals surface area contributed by atoms with Crippen molar-refractivity contribution in [2.24, 2.45) is 50.2 Å². The smallest absolute Gasteiger partial charge is 0.220 e. The number of hydrogen-bond acceptors (Lipinski definition) is 4. The number of ketones is 2. The van der Waals surface area contributed by atoms with Crippen LogP contribution in [0.1, 0.15) is 127 Å². The molecule has 5 heteroatoms. The van der Waals surface area contributed by atoms with Crippen LogP contribution >= 0.6 is 0 Å². The number of amides is 1. The highest BCUT2D eigenvalue weighted by Crippen LogP contribution is 2.75. The van der Waals surface area contributed by atoms with Gasteiger partial charge in [-0.15, -0.1) is 0 Å². The molecule has 0 saturated heterocycles. The Kier molecular flexibility index (Phi) is 6.98. The molecular formula is C37H54N2O3. The van der Waals surface area contributed by atoms with E-state index in [1.165, 1.54) is 0 Å². The molecule has 0 aromatic heterocycles. The van der Waals surface area contributed by atoms with Crippen molar-refractivity contribution in [1.29, 1.82) is 5.26 Å². The van der Waals surface area contributed by atoms with Crippen LogP contribution in [0.5, 0.6) is 0 Å². The van der Waals surface area contributed by atoms with Crippen LogP contribution in [0.15, 0.2) is 23.3 Å². The predicted octanol–water partition coefficient (Wildman–Crippen LogP) is 7.90. The maximum absolute atomic E-state index is 14.6. The molecular weight excluding hydrogens is 520 g/mol. The van der Waals surface area contributed by atoms with Gasteiger partial charge in [-0.05, 0) is 112 Å². The summed E-state index contributed by atoms with van der Waals surface area (Å²) in [4.78, 5) is 41.0. The molecule has 0 radical (unpaired) electrons. The molecule has 1 amide bonds. The lowest BCUT2D eigenvalue weighted by Gasteiger charge is -2.69. The van der Waals surface area contributed by atoms with E-state index in [-0.39, 0.29) is 68.0 Å². The summed E-state index contributed by atoms with van der Waals surface area (Å²) in [5, 5.41) is 13.1. The summed E-state index contributed by atoms with van der Waals surface area (Å²) in [6, 6.07) is 2.21. The maximum atomic E-state index is 14.6. The van der Waals surface area contributed by atoms with E-state index in [1.54, 1.807) is 0 Å². The first kappa shape index (κ1) is 31.2. The van der Waals surface area contributed by atoms with Crippen molar-refractivity contribution in [2.45, 2.75) is 133 Å². The minimum absolute atomic E-state index is 0.000514. The first-order valence-corrected chi connectivity index (χ1v) is 16.4. The maximum Gasteiger partial charge on any atom is 0.220 e. The first-order chi connectivity index (χ1) is 19.2. The molecule has 0 aliphatic heterocycles. The molecule has 0 bridgehead atoms. The number of fused-ring (bicyclic) bond motifs is 7. The summed E-state index contributed by atoms with van der Waals surface area (Å²) in [5.41, 5.74) is -0.288. The van der Waals surface area contributed by atoms with Crippen LogP contribution in [0.25, 0.3) is 0 Å². The second kappa shape index (κ2) is 9.39. The number of hydrogen-bond donors (Lipinski definition) is 1. The quantitative estimate of drug-likeness (QED) is 0.371. The van der Waals surface area contributed by atoms with Crippen molar-refractivity contribution < 1.29 is 14.4 Å². The van der Waals surface area contributed by atoms with Gasteiger partial charge in [-0.1, -0.05) is 60.1 Å². The van der Waals surface area contributed by atoms with Crippen LogP contribution in [0, 0.1) is 61.6 Å². The Labute approximate surface area is 254 Å². The minimum atomic E-state index is -0.653. The number of nitriles is 1. The largest absolute Gasteiger partial charge is 0.352 e. The van der Waals surface area contributed by atoms with E-state index >= 15 is 0 Å². The molecule has 3 fully saturated rings. The molecule has 0 spiro atoms. The van der Waals surface area contributed by atoms with Gasteiger partial charge in [0.2, 0.25) is 5.91 Å². The minimum Gasteiger partial charge on any atom is -0.352 e. The Morgan fingerprint density at radius 3 is 2.26 bits per heavy atom. The van der Waals surface area contributed by atoms with Crippen molar-refractivity contribution in [2.75, 3.05) is 0 Å². The van der Waals surface area contributed by atoms with Crippen molar-refractivity contribution >= 4 is 17.5 Å². The Bertz CT molecular complexity index is 1320. The van der Waals surface area contributed by atoms with Gasteiger partial charge in [0, 0.05) is 28.7 Å². The summed E-state index contributed by atoms with van der Waals surface area (Å²) in [5.74, 6) is 0.496. The van der Waals surface area contributed by atoms with Gasteiger partial charge in [0.25, 0.3) is 0 Å². The Morgan fingerprint density at radius 1 is 1.00 bits per heavy atom. The third-order valence-electron chi connectivity index (χ3n) is 13.4. The first-order valence-electron chi connectivity index (χ1n) is 16.4. The monoisotopic (exact) mass is 574 g/mol. The number of nitrogens with zero attached hydrogens (tertiary/aromatic N) is 1. The third kappa shape index (κ3) is 4.40. The van der Waals surface area contributed by atoms with E-state index in [2.05, 4.69) is 46.0 Å². The number of carbonyl (C=O) groups is 3. The van der Waals surface area contributed by atoms with Crippen LogP contribution in [-0.4, -0.2) is 23.0 Å². The highest BCUT2D eigenvalue weighted by Gasteiger charge is 2.69. The van der Waals surface area contributed by atoms with E-state index in [4.69, 9.17) is 0 Å². The normalized spacial score (nSPS) is 42.1. The van der Waals surface area contributed by atoms with Gasteiger partial charge in [-0.3, -0.25) is 14.4 Å². The number of Topliss-reactive ketones (excluding diaryl/α,β-unsaturated/α-hetero) is 1. The van der Waals surface area contributed by atoms with Crippen LogP contribution in [-0.2, 0) is 14.4 Å². The molecule has 0 heterocycles. The highest BCUT2D eigenvalue weighted by molar-refractivity contribution is 6.04. The fourth-order valence-corrected chi connectivity index (χ4v) is 11.0. The van der Waals surface area contributed by atoms with Gasteiger partial charge >= 0.3 is 0 Å². The summed E-state index contributed by atoms with van der Waals surface area (Å²) in [7, 11) is 0. The van der Waals surface area contributed by atoms with E-state index in [9.17, 15) is 19.6 Å². The lowest BCUT2D eigenvalue weighted by atomic mass is 9.34. The molecule has 3 saturated carbocycles. The molecule has 5 aliphatic carbocycles. The van der Waals surface area contributed by atoms with E-state index < -0.39 is 10.8 Å². The Hall–Kier alpha value is -2.22. The van der Waals surface area contributed by atoms with Gasteiger partial charge in [0.1, 0.15) is 6.07 Å². The molecule has 7 atom stereocenters. The number of rotatable bonds is 3. The van der Waals surface area contributed by atoms with Crippen LogP contribution in [0.2, 0.25) is 0 Å². The van der Waals surface area contributed by atoms with Gasteiger partial charge in [0.05, 0.1) is 5.57 Å². The average Bonchev–Trinajstić information content (AvgIpc) is 2.85. The molecule has 5 rings (SSSR count). The van der Waals surface area contributed by atoms with Crippen LogP contribution in [0.3, 0.4) is 0 Å². The fraction of sp³-hybridized carbons (Fsp3) is 0.784. The van der Waals surface area contributed by atoms with Crippen molar-refractivity contribution in [3.63, 3.8) is 0 Å². The number of carbonyl (C=O) groups excluding carboxylic acids is 3. The molecule has 230 valence electrons. The lowest BCUT2D eigenvalue weighted by molar-refractivity contribution is -0.173. The number of allylic oxidation sites excluding steroid dienone is 4. The van der Waals surface area contributed by atoms with Gasteiger partial charge in [-0.25, -0.2) is 0 Å². The predicted molar refractivity (Wildman–Crippen MR) is 166 cm³/mol. The van der Waals surface area contributed by atoms with Gasteiger partial charge in [0.15, 0.2) is 11.6 Å². The van der Waals surface area contributed by atoms with E-state index in [1.807, 2.05) is 46.8 Å². The molecule has 1 unspecified atom stereocenters. The number of nitrogens with one attached hydrogen (secondary N) is 1. The van der Waals surface area contributed by atoms with E-state index in [0.29, 0.717) is 6.42 Å². The second-order valence-corrected chi connectivity index (χ2v) is 17.9. The standard InChI is InChI=1S/C37H54N2O3/c1-31(2,3)39-28(41)12-14-37-17-15-32(4,5)21-24(37)29-25(40)19-27-34(8)20-23(22-38)30(42)33(6,7)26(34)11-13-35(27,9)36(29,10)16-18-37/h19-20,24,26,29H,11-18,21H2,1-10H3,(H,39,41)/t24-,26+,29?,34+,35-,36-,37-/m1/s1. The highest BCUT2D eigenvalue weighted by atomic mass is 16.2. The fourth-order valence-electron chi connectivity index (χ4n) is 11.0. The summed E-state index contributed by atoms with van der Waals surface area (Å²) in [6.45, 7) is 21.7. The SMILES string of the molecule is CC1(C)CC[C@]2(CCC(=O)NC(C)(C)C)CC[C@]3(C)C(C(=O)C=C4[C@@]5(C)C=C(C#N)C(=O)C(C)(C)[C@@H]5CC[C@]43C)[C@H]2C1. The van der Waals surface area contributed by atoms with E-state index in [0.717, 1.165) is 56.9 Å². The molecule has 42 heavy (non-hydrogen) atoms. The zero-order chi connectivity index (χ0) is 31.3. The summed E-state index contributed by atoms with van der Waals surface area (Å²) >= 11 is 0.